The highest BCUT2D eigenvalue weighted by Gasteiger charge is 2.47. The van der Waals surface area contributed by atoms with E-state index in [2.05, 4.69) is 0 Å². The van der Waals surface area contributed by atoms with Crippen molar-refractivity contribution in [1.29, 1.82) is 0 Å². The van der Waals surface area contributed by atoms with Gasteiger partial charge < -0.3 is 14.6 Å². The lowest BCUT2D eigenvalue weighted by molar-refractivity contribution is -0.0660. The van der Waals surface area contributed by atoms with Crippen molar-refractivity contribution in [2.45, 2.75) is 70.9 Å². The summed E-state index contributed by atoms with van der Waals surface area (Å²) >= 11 is 0. The molecule has 2 atom stereocenters. The van der Waals surface area contributed by atoms with Gasteiger partial charge in [0.1, 0.15) is 11.3 Å². The number of hydrogen-bond acceptors (Lipinski definition) is 4. The molecule has 1 amide bonds. The van der Waals surface area contributed by atoms with Gasteiger partial charge in [-0.15, -0.1) is 0 Å². The minimum atomic E-state index is -1.06. The van der Waals surface area contributed by atoms with Crippen LogP contribution in [0.15, 0.2) is 30.3 Å². The average molecular weight is 335 g/mol. The SMILES string of the molecule is CC(C)(C)OC(=O)N1[C@H](CC(C)(O)c2ccccc2)COC1(C)C. The van der Waals surface area contributed by atoms with Crippen LogP contribution in [-0.4, -0.2) is 40.1 Å². The summed E-state index contributed by atoms with van der Waals surface area (Å²) in [6, 6.07) is 9.21. The molecule has 24 heavy (non-hydrogen) atoms. The largest absolute Gasteiger partial charge is 0.444 e. The molecule has 1 aromatic rings. The molecule has 0 aliphatic carbocycles. The van der Waals surface area contributed by atoms with Crippen LogP contribution in [-0.2, 0) is 15.1 Å². The van der Waals surface area contributed by atoms with Crippen LogP contribution in [0.1, 0.15) is 53.5 Å². The van der Waals surface area contributed by atoms with Crippen LogP contribution >= 0.6 is 0 Å². The second kappa shape index (κ2) is 6.37. The Bertz CT molecular complexity index is 575. The van der Waals surface area contributed by atoms with Gasteiger partial charge in [-0.25, -0.2) is 4.79 Å². The maximum absolute atomic E-state index is 12.7. The monoisotopic (exact) mass is 335 g/mol. The second-order valence-corrected chi connectivity index (χ2v) is 8.11. The van der Waals surface area contributed by atoms with Crippen LogP contribution < -0.4 is 0 Å². The summed E-state index contributed by atoms with van der Waals surface area (Å²) in [5, 5.41) is 10.9. The first-order chi connectivity index (χ1) is 10.9. The lowest BCUT2D eigenvalue weighted by Crippen LogP contribution is -2.51. The normalized spacial score (nSPS) is 23.0. The molecule has 0 radical (unpaired) electrons. The van der Waals surface area contributed by atoms with Gasteiger partial charge in [0.25, 0.3) is 0 Å². The Labute approximate surface area is 144 Å². The number of carbonyl (C=O) groups excluding carboxylic acids is 1. The summed E-state index contributed by atoms with van der Waals surface area (Å²) in [5.74, 6) is 0. The fourth-order valence-electron chi connectivity index (χ4n) is 3.09. The number of rotatable bonds is 3. The summed E-state index contributed by atoms with van der Waals surface area (Å²) in [5.41, 5.74) is -1.59. The Morgan fingerprint density at radius 3 is 2.42 bits per heavy atom. The summed E-state index contributed by atoms with van der Waals surface area (Å²) < 4.78 is 11.3. The van der Waals surface area contributed by atoms with Gasteiger partial charge in [0, 0.05) is 6.42 Å². The molecule has 0 saturated carbocycles. The smallest absolute Gasteiger partial charge is 0.412 e. The molecule has 1 heterocycles. The maximum atomic E-state index is 12.7. The van der Waals surface area contributed by atoms with Crippen LogP contribution in [0.25, 0.3) is 0 Å². The Morgan fingerprint density at radius 1 is 1.29 bits per heavy atom. The predicted molar refractivity (Wildman–Crippen MR) is 92.5 cm³/mol. The molecule has 2 rings (SSSR count). The van der Waals surface area contributed by atoms with E-state index >= 15 is 0 Å². The molecule has 1 saturated heterocycles. The van der Waals surface area contributed by atoms with Crippen molar-refractivity contribution in [2.24, 2.45) is 0 Å². The highest BCUT2D eigenvalue weighted by Crippen LogP contribution is 2.36. The van der Waals surface area contributed by atoms with Crippen LogP contribution in [0.3, 0.4) is 0 Å². The van der Waals surface area contributed by atoms with E-state index < -0.39 is 23.0 Å². The summed E-state index contributed by atoms with van der Waals surface area (Å²) in [7, 11) is 0. The van der Waals surface area contributed by atoms with E-state index in [1.165, 1.54) is 0 Å². The number of benzene rings is 1. The van der Waals surface area contributed by atoms with E-state index in [1.807, 2.05) is 65.0 Å². The molecule has 1 aliphatic heterocycles. The van der Waals surface area contributed by atoms with Crippen LogP contribution in [0.4, 0.5) is 4.79 Å². The standard InChI is InChI=1S/C19H29NO4/c1-17(2,3)24-16(21)20-15(13-23-18(20,4)5)12-19(6,22)14-10-8-7-9-11-14/h7-11,15,22H,12-13H2,1-6H3/t15-,19?/m1/s1. The minimum Gasteiger partial charge on any atom is -0.444 e. The zero-order valence-electron chi connectivity index (χ0n) is 15.5. The molecule has 134 valence electrons. The quantitative estimate of drug-likeness (QED) is 0.916. The number of amides is 1. The molecule has 1 N–H and O–H groups in total. The highest BCUT2D eigenvalue weighted by atomic mass is 16.6. The van der Waals surface area contributed by atoms with Gasteiger partial charge in [-0.2, -0.15) is 0 Å². The molecule has 1 fully saturated rings. The molecule has 5 nitrogen and oxygen atoms in total. The van der Waals surface area contributed by atoms with Gasteiger partial charge in [0.2, 0.25) is 0 Å². The Morgan fingerprint density at radius 2 is 1.88 bits per heavy atom. The zero-order valence-corrected chi connectivity index (χ0v) is 15.5. The molecule has 0 aromatic heterocycles. The van der Waals surface area contributed by atoms with E-state index in [9.17, 15) is 9.90 Å². The van der Waals surface area contributed by atoms with Crippen LogP contribution in [0.2, 0.25) is 0 Å². The van der Waals surface area contributed by atoms with Gasteiger partial charge in [0.05, 0.1) is 18.2 Å². The zero-order chi connectivity index (χ0) is 18.2. The van der Waals surface area contributed by atoms with Crippen LogP contribution in [0, 0.1) is 0 Å². The van der Waals surface area contributed by atoms with E-state index in [1.54, 1.807) is 11.8 Å². The summed E-state index contributed by atoms with van der Waals surface area (Å²) in [4.78, 5) is 14.3. The van der Waals surface area contributed by atoms with Crippen molar-refractivity contribution in [3.8, 4) is 0 Å². The van der Waals surface area contributed by atoms with Crippen LogP contribution in [0.5, 0.6) is 0 Å². The number of carbonyl (C=O) groups is 1. The minimum absolute atomic E-state index is 0.259. The van der Waals surface area contributed by atoms with E-state index in [4.69, 9.17) is 9.47 Å². The number of nitrogens with zero attached hydrogens (tertiary/aromatic N) is 1. The van der Waals surface area contributed by atoms with E-state index in [-0.39, 0.29) is 6.04 Å². The topological polar surface area (TPSA) is 59.0 Å². The summed E-state index contributed by atoms with van der Waals surface area (Å²) in [6.45, 7) is 11.3. The molecule has 1 unspecified atom stereocenters. The Hall–Kier alpha value is -1.59. The molecular weight excluding hydrogens is 306 g/mol. The highest BCUT2D eigenvalue weighted by molar-refractivity contribution is 5.69. The number of aliphatic hydroxyl groups is 1. The summed E-state index contributed by atoms with van der Waals surface area (Å²) in [6.07, 6.45) is -0.0430. The Balaban J connectivity index is 2.20. The maximum Gasteiger partial charge on any atom is 0.412 e. The Kier molecular flexibility index (Phi) is 4.98. The van der Waals surface area contributed by atoms with E-state index in [0.29, 0.717) is 13.0 Å². The predicted octanol–water partition coefficient (Wildman–Crippen LogP) is 3.66. The lowest BCUT2D eigenvalue weighted by Gasteiger charge is -2.37. The van der Waals surface area contributed by atoms with Crippen molar-refractivity contribution in [2.75, 3.05) is 6.61 Å². The third kappa shape index (κ3) is 4.28. The first-order valence-corrected chi connectivity index (χ1v) is 8.36. The van der Waals surface area contributed by atoms with Crippen molar-refractivity contribution >= 4 is 6.09 Å². The van der Waals surface area contributed by atoms with Crippen molar-refractivity contribution < 1.29 is 19.4 Å². The van der Waals surface area contributed by atoms with Gasteiger partial charge in [0.15, 0.2) is 0 Å². The first-order valence-electron chi connectivity index (χ1n) is 8.36. The van der Waals surface area contributed by atoms with Gasteiger partial charge >= 0.3 is 6.09 Å². The fourth-order valence-corrected chi connectivity index (χ4v) is 3.09. The van der Waals surface area contributed by atoms with E-state index in [0.717, 1.165) is 5.56 Å². The first kappa shape index (κ1) is 18.7. The van der Waals surface area contributed by atoms with Crippen molar-refractivity contribution in [1.82, 2.24) is 4.90 Å². The molecule has 0 spiro atoms. The average Bonchev–Trinajstić information content (AvgIpc) is 2.72. The number of ether oxygens (including phenoxy) is 2. The van der Waals surface area contributed by atoms with Crippen molar-refractivity contribution in [3.63, 3.8) is 0 Å². The molecule has 5 heteroatoms. The lowest BCUT2D eigenvalue weighted by atomic mass is 9.89. The molecule has 0 bridgehead atoms. The number of hydrogen-bond donors (Lipinski definition) is 1. The third-order valence-corrected chi connectivity index (χ3v) is 4.19. The molecule has 1 aliphatic rings. The van der Waals surface area contributed by atoms with Gasteiger partial charge in [-0.3, -0.25) is 4.90 Å². The molecule has 1 aromatic carbocycles. The van der Waals surface area contributed by atoms with Gasteiger partial charge in [-0.1, -0.05) is 30.3 Å². The van der Waals surface area contributed by atoms with Gasteiger partial charge in [-0.05, 0) is 47.1 Å². The fraction of sp³-hybridized carbons (Fsp3) is 0.632. The van der Waals surface area contributed by atoms with Crippen molar-refractivity contribution in [3.05, 3.63) is 35.9 Å². The third-order valence-electron chi connectivity index (χ3n) is 4.19. The molecular formula is C19H29NO4. The second-order valence-electron chi connectivity index (χ2n) is 8.11.